The highest BCUT2D eigenvalue weighted by atomic mass is 19.1. The number of hydrogen-bond acceptors (Lipinski definition) is 5. The molecule has 0 saturated carbocycles. The van der Waals surface area contributed by atoms with Crippen LogP contribution in [-0.4, -0.2) is 54.4 Å². The van der Waals surface area contributed by atoms with Crippen LogP contribution in [0.2, 0.25) is 0 Å². The Kier molecular flexibility index (Phi) is 6.05. The lowest BCUT2D eigenvalue weighted by Gasteiger charge is -2.54. The molecule has 6 heteroatoms. The van der Waals surface area contributed by atoms with E-state index in [1.807, 2.05) is 6.07 Å². The number of pyridine rings is 1. The van der Waals surface area contributed by atoms with Crippen molar-refractivity contribution in [2.75, 3.05) is 33.4 Å². The molecule has 3 aliphatic heterocycles. The van der Waals surface area contributed by atoms with Crippen LogP contribution in [0.25, 0.3) is 0 Å². The summed E-state index contributed by atoms with van der Waals surface area (Å²) >= 11 is 0. The van der Waals surface area contributed by atoms with Crippen LogP contribution in [0.3, 0.4) is 0 Å². The van der Waals surface area contributed by atoms with E-state index in [1.165, 1.54) is 12.1 Å². The molecule has 0 spiro atoms. The Morgan fingerprint density at radius 2 is 1.93 bits per heavy atom. The number of benzene rings is 1. The lowest BCUT2D eigenvalue weighted by molar-refractivity contribution is -0.143. The van der Waals surface area contributed by atoms with Gasteiger partial charge in [0.15, 0.2) is 0 Å². The normalized spacial score (nSPS) is 27.6. The Hall–Kier alpha value is -2.46. The number of aromatic nitrogens is 1. The van der Waals surface area contributed by atoms with Crippen molar-refractivity contribution in [2.24, 2.45) is 5.92 Å². The number of methoxy groups -OCH3 is 1. The molecule has 3 fully saturated rings. The average Bonchev–Trinajstić information content (AvgIpc) is 2.76. The van der Waals surface area contributed by atoms with Crippen LogP contribution in [0.15, 0.2) is 36.4 Å². The summed E-state index contributed by atoms with van der Waals surface area (Å²) in [5.74, 6) is 3.09. The molecule has 2 aromatic rings. The van der Waals surface area contributed by atoms with Gasteiger partial charge in [0.05, 0.1) is 12.3 Å². The molecule has 2 unspecified atom stereocenters. The number of nitrogens with zero attached hydrogens (tertiary/aromatic N) is 2. The topological polar surface area (TPSA) is 54.8 Å². The van der Waals surface area contributed by atoms with Gasteiger partial charge in [0.25, 0.3) is 0 Å². The fraction of sp³-hybridized carbons (Fsp3) is 0.458. The Morgan fingerprint density at radius 3 is 2.60 bits per heavy atom. The van der Waals surface area contributed by atoms with Crippen molar-refractivity contribution >= 4 is 0 Å². The Labute approximate surface area is 176 Å². The minimum Gasteiger partial charge on any atom is -0.475 e. The van der Waals surface area contributed by atoms with E-state index in [1.54, 1.807) is 25.3 Å². The molecule has 2 bridgehead atoms. The van der Waals surface area contributed by atoms with Crippen molar-refractivity contribution in [3.63, 3.8) is 0 Å². The molecule has 5 rings (SSSR count). The molecule has 1 N–H and O–H groups in total. The van der Waals surface area contributed by atoms with Crippen molar-refractivity contribution in [1.29, 1.82) is 0 Å². The molecule has 1 aromatic carbocycles. The largest absolute Gasteiger partial charge is 0.475 e. The van der Waals surface area contributed by atoms with Gasteiger partial charge in [0.1, 0.15) is 24.1 Å². The fourth-order valence-electron chi connectivity index (χ4n) is 4.79. The van der Waals surface area contributed by atoms with E-state index in [-0.39, 0.29) is 17.8 Å². The van der Waals surface area contributed by atoms with Gasteiger partial charge in [-0.3, -0.25) is 4.90 Å². The van der Waals surface area contributed by atoms with Gasteiger partial charge >= 0.3 is 0 Å². The Balaban J connectivity index is 1.74. The number of hydrogen-bond donors (Lipinski definition) is 1. The molecule has 0 radical (unpaired) electrons. The second kappa shape index (κ2) is 8.73. The SMILES string of the molecule is C#CC1N2CCC(CC2)C1(O)c1ccc(OCCOC)nc1Cc1ccc(F)cc1. The van der Waals surface area contributed by atoms with E-state index >= 15 is 0 Å². The van der Waals surface area contributed by atoms with Gasteiger partial charge in [-0.25, -0.2) is 9.37 Å². The highest BCUT2D eigenvalue weighted by molar-refractivity contribution is 5.39. The standard InChI is InChI=1S/C24H27FN2O3/c1-3-22-24(28,18-10-12-27(22)13-11-18)20-8-9-23(30-15-14-29-2)26-21(20)16-17-4-6-19(25)7-5-17/h1,4-9,18,22,28H,10-16H2,2H3. The molecule has 5 nitrogen and oxygen atoms in total. The van der Waals surface area contributed by atoms with Crippen molar-refractivity contribution < 1.29 is 19.0 Å². The van der Waals surface area contributed by atoms with Crippen molar-refractivity contribution in [3.05, 3.63) is 59.0 Å². The summed E-state index contributed by atoms with van der Waals surface area (Å²) in [5, 5.41) is 12.0. The minimum absolute atomic E-state index is 0.0811. The summed E-state index contributed by atoms with van der Waals surface area (Å²) in [5.41, 5.74) is 1.18. The third-order valence-electron chi connectivity index (χ3n) is 6.29. The monoisotopic (exact) mass is 410 g/mol. The maximum atomic E-state index is 13.4. The van der Waals surface area contributed by atoms with Crippen molar-refractivity contribution in [3.8, 4) is 18.2 Å². The summed E-state index contributed by atoms with van der Waals surface area (Å²) < 4.78 is 24.1. The third-order valence-corrected chi connectivity index (χ3v) is 6.29. The zero-order chi connectivity index (χ0) is 21.1. The number of piperidine rings is 3. The highest BCUT2D eigenvalue weighted by Gasteiger charge is 2.54. The highest BCUT2D eigenvalue weighted by Crippen LogP contribution is 2.47. The second-order valence-electron chi connectivity index (χ2n) is 7.99. The van der Waals surface area contributed by atoms with Crippen LogP contribution in [0.1, 0.15) is 29.7 Å². The zero-order valence-corrected chi connectivity index (χ0v) is 17.2. The molecule has 3 saturated heterocycles. The molecule has 3 aliphatic rings. The van der Waals surface area contributed by atoms with Gasteiger partial charge in [-0.2, -0.15) is 0 Å². The van der Waals surface area contributed by atoms with Crippen LogP contribution in [0.4, 0.5) is 4.39 Å². The predicted octanol–water partition coefficient (Wildman–Crippen LogP) is 2.75. The number of rotatable bonds is 7. The van der Waals surface area contributed by atoms with E-state index in [4.69, 9.17) is 20.9 Å². The number of aliphatic hydroxyl groups is 1. The summed E-state index contributed by atoms with van der Waals surface area (Å²) in [6, 6.07) is 9.61. The minimum atomic E-state index is -1.17. The number of fused-ring (bicyclic) bond motifs is 3. The van der Waals surface area contributed by atoms with E-state index in [9.17, 15) is 9.50 Å². The fourth-order valence-corrected chi connectivity index (χ4v) is 4.79. The summed E-state index contributed by atoms with van der Waals surface area (Å²) in [7, 11) is 1.61. The first-order valence-electron chi connectivity index (χ1n) is 10.4. The van der Waals surface area contributed by atoms with E-state index in [2.05, 4.69) is 10.8 Å². The first-order valence-corrected chi connectivity index (χ1v) is 10.4. The smallest absolute Gasteiger partial charge is 0.213 e. The molecule has 158 valence electrons. The van der Waals surface area contributed by atoms with Gasteiger partial charge in [-0.1, -0.05) is 18.1 Å². The first-order chi connectivity index (χ1) is 14.6. The third kappa shape index (κ3) is 3.81. The Bertz CT molecular complexity index is 919. The summed E-state index contributed by atoms with van der Waals surface area (Å²) in [6.07, 6.45) is 8.13. The molecule has 30 heavy (non-hydrogen) atoms. The molecular weight excluding hydrogens is 383 g/mol. The molecule has 0 aliphatic carbocycles. The van der Waals surface area contributed by atoms with E-state index < -0.39 is 5.60 Å². The van der Waals surface area contributed by atoms with Crippen LogP contribution >= 0.6 is 0 Å². The lowest BCUT2D eigenvalue weighted by Crippen LogP contribution is -2.63. The van der Waals surface area contributed by atoms with Gasteiger partial charge in [0.2, 0.25) is 5.88 Å². The Morgan fingerprint density at radius 1 is 1.20 bits per heavy atom. The summed E-state index contributed by atoms with van der Waals surface area (Å²) in [6.45, 7) is 2.64. The quantitative estimate of drug-likeness (QED) is 0.562. The number of terminal acetylenes is 1. The van der Waals surface area contributed by atoms with Crippen molar-refractivity contribution in [1.82, 2.24) is 9.88 Å². The van der Waals surface area contributed by atoms with Gasteiger partial charge in [-0.05, 0) is 55.6 Å². The van der Waals surface area contributed by atoms with Gasteiger partial charge in [0, 0.05) is 25.2 Å². The molecule has 0 amide bonds. The first kappa shape index (κ1) is 20.8. The lowest BCUT2D eigenvalue weighted by atomic mass is 9.66. The van der Waals surface area contributed by atoms with E-state index in [0.29, 0.717) is 31.2 Å². The molecule has 4 heterocycles. The van der Waals surface area contributed by atoms with Crippen LogP contribution < -0.4 is 4.74 Å². The molecule has 2 atom stereocenters. The average molecular weight is 410 g/mol. The predicted molar refractivity (Wildman–Crippen MR) is 112 cm³/mol. The van der Waals surface area contributed by atoms with Crippen LogP contribution in [0.5, 0.6) is 5.88 Å². The van der Waals surface area contributed by atoms with Gasteiger partial charge < -0.3 is 14.6 Å². The zero-order valence-electron chi connectivity index (χ0n) is 17.2. The van der Waals surface area contributed by atoms with E-state index in [0.717, 1.165) is 37.1 Å². The number of halogens is 1. The molecule has 1 aromatic heterocycles. The molecular formula is C24H27FN2O3. The van der Waals surface area contributed by atoms with Crippen LogP contribution in [-0.2, 0) is 16.8 Å². The van der Waals surface area contributed by atoms with Gasteiger partial charge in [-0.15, -0.1) is 6.42 Å². The summed E-state index contributed by atoms with van der Waals surface area (Å²) in [4.78, 5) is 6.90. The maximum absolute atomic E-state index is 13.4. The second-order valence-corrected chi connectivity index (χ2v) is 7.99. The van der Waals surface area contributed by atoms with Crippen LogP contribution in [0, 0.1) is 24.1 Å². The maximum Gasteiger partial charge on any atom is 0.213 e. The number of ether oxygens (including phenoxy) is 2. The van der Waals surface area contributed by atoms with Crippen molar-refractivity contribution in [2.45, 2.75) is 30.9 Å².